The summed E-state index contributed by atoms with van der Waals surface area (Å²) in [6.07, 6.45) is 0. The Bertz CT molecular complexity index is 451. The summed E-state index contributed by atoms with van der Waals surface area (Å²) >= 11 is 6.70. The Hall–Kier alpha value is -0.810. The largest absolute Gasteiger partial charge is 0.258 e. The maximum atomic E-state index is 4.33. The Kier molecular flexibility index (Phi) is 3.35. The molecule has 2 aromatic rings. The van der Waals surface area contributed by atoms with Crippen molar-refractivity contribution < 1.29 is 0 Å². The zero-order chi connectivity index (χ0) is 11.7. The van der Waals surface area contributed by atoms with Crippen molar-refractivity contribution >= 4 is 31.9 Å². The van der Waals surface area contributed by atoms with Gasteiger partial charge in [-0.2, -0.15) is 0 Å². The predicted molar refractivity (Wildman–Crippen MR) is 70.1 cm³/mol. The molecule has 2 rings (SSSR count). The van der Waals surface area contributed by atoms with E-state index in [9.17, 15) is 0 Å². The van der Waals surface area contributed by atoms with Crippen LogP contribution in [0.1, 0.15) is 11.4 Å². The van der Waals surface area contributed by atoms with Crippen LogP contribution in [0, 0.1) is 13.8 Å². The Labute approximate surface area is 111 Å². The smallest absolute Gasteiger partial charge is 0.161 e. The highest BCUT2D eigenvalue weighted by molar-refractivity contribution is 9.11. The molecule has 0 aliphatic rings. The van der Waals surface area contributed by atoms with Crippen LogP contribution < -0.4 is 0 Å². The van der Waals surface area contributed by atoms with Gasteiger partial charge in [-0.1, -0.05) is 0 Å². The monoisotopic (exact) mass is 341 g/mol. The van der Waals surface area contributed by atoms with Crippen molar-refractivity contribution in [3.63, 3.8) is 0 Å². The molecule has 0 N–H and O–H groups in total. The average molecular weight is 343 g/mol. The molecule has 0 radical (unpaired) electrons. The molecular weight excluding hydrogens is 334 g/mol. The van der Waals surface area contributed by atoms with Crippen molar-refractivity contribution in [1.29, 1.82) is 0 Å². The van der Waals surface area contributed by atoms with Crippen LogP contribution in [0.2, 0.25) is 0 Å². The minimum atomic E-state index is 0.690. The second-order valence-electron chi connectivity index (χ2n) is 3.48. The standard InChI is InChI=1S/C11H9Br2N3/c1-6-3-8(4-7(2)14-6)11-15-9(12)5-10(13)16-11/h3-5H,1-2H3. The zero-order valence-corrected chi connectivity index (χ0v) is 12.0. The minimum Gasteiger partial charge on any atom is -0.258 e. The number of pyridine rings is 1. The van der Waals surface area contributed by atoms with E-state index < -0.39 is 0 Å². The summed E-state index contributed by atoms with van der Waals surface area (Å²) in [5.41, 5.74) is 2.91. The molecule has 82 valence electrons. The molecule has 0 fully saturated rings. The van der Waals surface area contributed by atoms with Gasteiger partial charge >= 0.3 is 0 Å². The Balaban J connectivity index is 2.57. The van der Waals surface area contributed by atoms with Crippen molar-refractivity contribution in [2.45, 2.75) is 13.8 Å². The van der Waals surface area contributed by atoms with Crippen LogP contribution >= 0.6 is 31.9 Å². The number of aryl methyl sites for hydroxylation is 2. The second-order valence-corrected chi connectivity index (χ2v) is 5.10. The number of hydrogen-bond acceptors (Lipinski definition) is 3. The maximum Gasteiger partial charge on any atom is 0.161 e. The lowest BCUT2D eigenvalue weighted by Crippen LogP contribution is -1.93. The minimum absolute atomic E-state index is 0.690. The molecule has 0 aliphatic carbocycles. The summed E-state index contributed by atoms with van der Waals surface area (Å²) < 4.78 is 1.52. The molecule has 0 aliphatic heterocycles. The highest BCUT2D eigenvalue weighted by Gasteiger charge is 2.06. The second kappa shape index (κ2) is 4.59. The lowest BCUT2D eigenvalue weighted by Gasteiger charge is -2.04. The fraction of sp³-hybridized carbons (Fsp3) is 0.182. The molecule has 0 atom stereocenters. The molecule has 0 saturated heterocycles. The zero-order valence-electron chi connectivity index (χ0n) is 8.83. The van der Waals surface area contributed by atoms with Crippen LogP contribution in [0.3, 0.4) is 0 Å². The third-order valence-corrected chi connectivity index (χ3v) is 2.82. The van der Waals surface area contributed by atoms with Gasteiger partial charge in [0.25, 0.3) is 0 Å². The first-order valence-corrected chi connectivity index (χ1v) is 6.29. The van der Waals surface area contributed by atoms with Crippen LogP contribution in [0.5, 0.6) is 0 Å². The van der Waals surface area contributed by atoms with E-state index in [0.717, 1.165) is 26.2 Å². The molecule has 16 heavy (non-hydrogen) atoms. The highest BCUT2D eigenvalue weighted by Crippen LogP contribution is 2.21. The van der Waals surface area contributed by atoms with Gasteiger partial charge < -0.3 is 0 Å². The van der Waals surface area contributed by atoms with Gasteiger partial charge in [-0.3, -0.25) is 4.98 Å². The van der Waals surface area contributed by atoms with Gasteiger partial charge in [0, 0.05) is 23.0 Å². The van der Waals surface area contributed by atoms with Crippen molar-refractivity contribution in [3.05, 3.63) is 38.8 Å². The SMILES string of the molecule is Cc1cc(-c2nc(Br)cc(Br)n2)cc(C)n1. The van der Waals surface area contributed by atoms with Crippen LogP contribution in [-0.2, 0) is 0 Å². The van der Waals surface area contributed by atoms with Gasteiger partial charge in [0.2, 0.25) is 0 Å². The summed E-state index contributed by atoms with van der Waals surface area (Å²) in [4.78, 5) is 13.0. The van der Waals surface area contributed by atoms with Crippen molar-refractivity contribution in [2.24, 2.45) is 0 Å². The first kappa shape index (κ1) is 11.7. The van der Waals surface area contributed by atoms with Crippen LogP contribution in [0.15, 0.2) is 27.4 Å². The summed E-state index contributed by atoms with van der Waals surface area (Å²) in [5.74, 6) is 0.690. The molecule has 5 heteroatoms. The Morgan fingerprint density at radius 2 is 1.31 bits per heavy atom. The molecule has 0 aromatic carbocycles. The maximum absolute atomic E-state index is 4.33. The van der Waals surface area contributed by atoms with Gasteiger partial charge in [0.15, 0.2) is 5.82 Å². The Morgan fingerprint density at radius 3 is 1.81 bits per heavy atom. The van der Waals surface area contributed by atoms with Crippen molar-refractivity contribution in [2.75, 3.05) is 0 Å². The van der Waals surface area contributed by atoms with E-state index in [1.54, 1.807) is 0 Å². The first-order chi connectivity index (χ1) is 7.54. The summed E-state index contributed by atoms with van der Waals surface area (Å²) in [7, 11) is 0. The molecule has 0 bridgehead atoms. The van der Waals surface area contributed by atoms with Crippen LogP contribution in [-0.4, -0.2) is 15.0 Å². The number of halogens is 2. The summed E-state index contributed by atoms with van der Waals surface area (Å²) in [6.45, 7) is 3.92. The fourth-order valence-electron chi connectivity index (χ4n) is 1.48. The normalized spacial score (nSPS) is 10.5. The van der Waals surface area contributed by atoms with Crippen LogP contribution in [0.4, 0.5) is 0 Å². The van der Waals surface area contributed by atoms with Gasteiger partial charge in [0.1, 0.15) is 9.21 Å². The third kappa shape index (κ3) is 2.65. The molecule has 3 nitrogen and oxygen atoms in total. The summed E-state index contributed by atoms with van der Waals surface area (Å²) in [6, 6.07) is 5.76. The van der Waals surface area contributed by atoms with E-state index >= 15 is 0 Å². The fourth-order valence-corrected chi connectivity index (χ4v) is 2.56. The van der Waals surface area contributed by atoms with E-state index in [1.165, 1.54) is 0 Å². The van der Waals surface area contributed by atoms with E-state index in [1.807, 2.05) is 32.0 Å². The number of aromatic nitrogens is 3. The van der Waals surface area contributed by atoms with Gasteiger partial charge in [-0.25, -0.2) is 9.97 Å². The molecule has 0 spiro atoms. The lowest BCUT2D eigenvalue weighted by molar-refractivity contribution is 1.09. The van der Waals surface area contributed by atoms with Crippen molar-refractivity contribution in [1.82, 2.24) is 15.0 Å². The Morgan fingerprint density at radius 1 is 0.812 bits per heavy atom. The topological polar surface area (TPSA) is 38.7 Å². The lowest BCUT2D eigenvalue weighted by atomic mass is 10.2. The van der Waals surface area contributed by atoms with Crippen molar-refractivity contribution in [3.8, 4) is 11.4 Å². The van der Waals surface area contributed by atoms with E-state index in [0.29, 0.717) is 5.82 Å². The molecule has 0 unspecified atom stereocenters. The quantitative estimate of drug-likeness (QED) is 0.742. The van der Waals surface area contributed by atoms with Gasteiger partial charge in [0.05, 0.1) is 0 Å². The predicted octanol–water partition coefficient (Wildman–Crippen LogP) is 3.68. The van der Waals surface area contributed by atoms with Gasteiger partial charge in [-0.05, 0) is 57.8 Å². The molecule has 2 aromatic heterocycles. The number of hydrogen-bond donors (Lipinski definition) is 0. The van der Waals surface area contributed by atoms with E-state index in [4.69, 9.17) is 0 Å². The number of rotatable bonds is 1. The molecule has 0 saturated carbocycles. The third-order valence-electron chi connectivity index (χ3n) is 2.00. The van der Waals surface area contributed by atoms with E-state index in [2.05, 4.69) is 46.8 Å². The van der Waals surface area contributed by atoms with Crippen LogP contribution in [0.25, 0.3) is 11.4 Å². The highest BCUT2D eigenvalue weighted by atomic mass is 79.9. The summed E-state index contributed by atoms with van der Waals surface area (Å²) in [5, 5.41) is 0. The molecular formula is C11H9Br2N3. The number of nitrogens with zero attached hydrogens (tertiary/aromatic N) is 3. The van der Waals surface area contributed by atoms with Gasteiger partial charge in [-0.15, -0.1) is 0 Å². The first-order valence-electron chi connectivity index (χ1n) is 4.70. The average Bonchev–Trinajstić information content (AvgIpc) is 2.14. The molecule has 2 heterocycles. The van der Waals surface area contributed by atoms with E-state index in [-0.39, 0.29) is 0 Å². The molecule has 0 amide bonds.